The molecular weight excluding hydrogens is 112 g/mol. The van der Waals surface area contributed by atoms with Gasteiger partial charge in [-0.25, -0.2) is 0 Å². The van der Waals surface area contributed by atoms with Gasteiger partial charge in [0.15, 0.2) is 0 Å². The van der Waals surface area contributed by atoms with Crippen molar-refractivity contribution in [3.05, 3.63) is 24.4 Å². The predicted molar refractivity (Wildman–Crippen MR) is 39.6 cm³/mol. The molecule has 0 aromatic rings. The number of allylic oxidation sites excluding steroid dienone is 2. The molecule has 0 unspecified atom stereocenters. The quantitative estimate of drug-likeness (QED) is 0.503. The van der Waals surface area contributed by atoms with Gasteiger partial charge in [0.05, 0.1) is 6.54 Å². The fourth-order valence-corrected chi connectivity index (χ4v) is 0.584. The van der Waals surface area contributed by atoms with Crippen LogP contribution in [0.2, 0.25) is 0 Å². The Bertz CT molecular complexity index is 145. The molecule has 0 aliphatic carbocycles. The summed E-state index contributed by atoms with van der Waals surface area (Å²) >= 11 is 0. The van der Waals surface area contributed by atoms with Crippen molar-refractivity contribution in [2.24, 2.45) is 4.99 Å². The highest BCUT2D eigenvalue weighted by Crippen LogP contribution is 1.78. The number of aliphatic imine (C=N–C) groups is 1. The van der Waals surface area contributed by atoms with Gasteiger partial charge in [0.25, 0.3) is 0 Å². The average molecular weight is 122 g/mol. The van der Waals surface area contributed by atoms with Crippen molar-refractivity contribution >= 4 is 6.21 Å². The van der Waals surface area contributed by atoms with E-state index in [0.717, 1.165) is 13.1 Å². The van der Waals surface area contributed by atoms with Gasteiger partial charge in [-0.15, -0.1) is 0 Å². The van der Waals surface area contributed by atoms with Gasteiger partial charge >= 0.3 is 0 Å². The van der Waals surface area contributed by atoms with Gasteiger partial charge in [0, 0.05) is 12.8 Å². The van der Waals surface area contributed by atoms with Gasteiger partial charge in [0.1, 0.15) is 0 Å². The Hall–Kier alpha value is -1.05. The van der Waals surface area contributed by atoms with Crippen LogP contribution in [-0.2, 0) is 0 Å². The SMILES string of the molecule is C1=CCN=CCNC=C1. The second-order valence-corrected chi connectivity index (χ2v) is 1.74. The molecule has 1 heterocycles. The highest BCUT2D eigenvalue weighted by atomic mass is 14.8. The van der Waals surface area contributed by atoms with E-state index in [-0.39, 0.29) is 0 Å². The van der Waals surface area contributed by atoms with E-state index >= 15 is 0 Å². The summed E-state index contributed by atoms with van der Waals surface area (Å²) in [4.78, 5) is 4.08. The first-order valence-electron chi connectivity index (χ1n) is 3.03. The minimum absolute atomic E-state index is 0.798. The van der Waals surface area contributed by atoms with Gasteiger partial charge in [-0.05, 0) is 12.3 Å². The molecule has 1 rings (SSSR count). The molecule has 0 bridgehead atoms. The maximum atomic E-state index is 4.08. The van der Waals surface area contributed by atoms with Crippen LogP contribution in [0.15, 0.2) is 29.4 Å². The van der Waals surface area contributed by atoms with E-state index in [1.54, 1.807) is 0 Å². The zero-order chi connectivity index (χ0) is 6.36. The minimum atomic E-state index is 0.798. The van der Waals surface area contributed by atoms with E-state index in [9.17, 15) is 0 Å². The molecule has 1 N–H and O–H groups in total. The lowest BCUT2D eigenvalue weighted by Gasteiger charge is -1.88. The Balaban J connectivity index is 2.43. The number of nitrogens with zero attached hydrogens (tertiary/aromatic N) is 1. The van der Waals surface area contributed by atoms with Crippen LogP contribution in [0.5, 0.6) is 0 Å². The standard InChI is InChI=1S/C7H10N2/c1-2-4-8-6-7-9-5-3-1/h1-4,7-8H,5-6H2. The van der Waals surface area contributed by atoms with Crippen LogP contribution in [0.25, 0.3) is 0 Å². The van der Waals surface area contributed by atoms with Crippen LogP contribution in [0, 0.1) is 0 Å². The molecule has 0 saturated heterocycles. The first-order chi connectivity index (χ1) is 4.50. The molecule has 0 aromatic carbocycles. The van der Waals surface area contributed by atoms with Crippen molar-refractivity contribution in [1.29, 1.82) is 0 Å². The molecule has 2 heteroatoms. The molecule has 1 aliphatic heterocycles. The summed E-state index contributed by atoms with van der Waals surface area (Å²) in [5.74, 6) is 0. The van der Waals surface area contributed by atoms with Crippen LogP contribution in [-0.4, -0.2) is 19.3 Å². The molecule has 0 saturated carbocycles. The smallest absolute Gasteiger partial charge is 0.0570 e. The third-order valence-corrected chi connectivity index (χ3v) is 1.01. The lowest BCUT2D eigenvalue weighted by molar-refractivity contribution is 1.03. The Morgan fingerprint density at radius 1 is 1.33 bits per heavy atom. The van der Waals surface area contributed by atoms with Crippen LogP contribution in [0.3, 0.4) is 0 Å². The summed E-state index contributed by atoms with van der Waals surface area (Å²) < 4.78 is 0. The lowest BCUT2D eigenvalue weighted by Crippen LogP contribution is -2.07. The van der Waals surface area contributed by atoms with Crippen LogP contribution in [0.4, 0.5) is 0 Å². The second-order valence-electron chi connectivity index (χ2n) is 1.74. The number of rotatable bonds is 0. The van der Waals surface area contributed by atoms with Gasteiger partial charge in [-0.3, -0.25) is 4.99 Å². The fourth-order valence-electron chi connectivity index (χ4n) is 0.584. The van der Waals surface area contributed by atoms with Crippen molar-refractivity contribution in [2.75, 3.05) is 13.1 Å². The maximum absolute atomic E-state index is 4.08. The van der Waals surface area contributed by atoms with Crippen LogP contribution >= 0.6 is 0 Å². The van der Waals surface area contributed by atoms with Crippen molar-refractivity contribution in [1.82, 2.24) is 5.32 Å². The molecule has 0 radical (unpaired) electrons. The van der Waals surface area contributed by atoms with Crippen molar-refractivity contribution < 1.29 is 0 Å². The average Bonchev–Trinajstić information content (AvgIpc) is 2.00. The molecule has 9 heavy (non-hydrogen) atoms. The predicted octanol–water partition coefficient (Wildman–Crippen LogP) is 0.730. The molecule has 1 aliphatic rings. The zero-order valence-electron chi connectivity index (χ0n) is 5.25. The molecule has 2 nitrogen and oxygen atoms in total. The Morgan fingerprint density at radius 2 is 2.33 bits per heavy atom. The summed E-state index contributed by atoms with van der Waals surface area (Å²) in [7, 11) is 0. The van der Waals surface area contributed by atoms with Crippen LogP contribution in [0.1, 0.15) is 0 Å². The molecular formula is C7H10N2. The van der Waals surface area contributed by atoms with E-state index < -0.39 is 0 Å². The third kappa shape index (κ3) is 2.69. The van der Waals surface area contributed by atoms with E-state index in [1.807, 2.05) is 30.6 Å². The third-order valence-electron chi connectivity index (χ3n) is 1.01. The van der Waals surface area contributed by atoms with Crippen molar-refractivity contribution in [3.8, 4) is 0 Å². The molecule has 0 spiro atoms. The molecule has 0 fully saturated rings. The second kappa shape index (κ2) is 3.89. The Kier molecular flexibility index (Phi) is 2.63. The Labute approximate surface area is 55.0 Å². The van der Waals surface area contributed by atoms with Gasteiger partial charge in [-0.1, -0.05) is 12.2 Å². The molecule has 48 valence electrons. The summed E-state index contributed by atoms with van der Waals surface area (Å²) in [6, 6.07) is 0. The number of hydrogen-bond donors (Lipinski definition) is 1. The van der Waals surface area contributed by atoms with Gasteiger partial charge in [0.2, 0.25) is 0 Å². The molecule has 0 atom stereocenters. The first kappa shape index (κ1) is 6.08. The van der Waals surface area contributed by atoms with E-state index in [1.165, 1.54) is 0 Å². The molecule has 0 amide bonds. The highest BCUT2D eigenvalue weighted by molar-refractivity contribution is 5.60. The van der Waals surface area contributed by atoms with Gasteiger partial charge in [-0.2, -0.15) is 0 Å². The summed E-state index contributed by atoms with van der Waals surface area (Å²) in [6.45, 7) is 1.63. The van der Waals surface area contributed by atoms with E-state index in [4.69, 9.17) is 0 Å². The van der Waals surface area contributed by atoms with Gasteiger partial charge < -0.3 is 5.32 Å². The normalized spacial score (nSPS) is 17.8. The zero-order valence-corrected chi connectivity index (χ0v) is 5.25. The monoisotopic (exact) mass is 122 g/mol. The molecule has 0 aromatic heterocycles. The topological polar surface area (TPSA) is 24.4 Å². The summed E-state index contributed by atoms with van der Waals surface area (Å²) in [5, 5.41) is 3.05. The Morgan fingerprint density at radius 3 is 3.33 bits per heavy atom. The van der Waals surface area contributed by atoms with Crippen molar-refractivity contribution in [2.45, 2.75) is 0 Å². The highest BCUT2D eigenvalue weighted by Gasteiger charge is 1.75. The van der Waals surface area contributed by atoms with Crippen molar-refractivity contribution in [3.63, 3.8) is 0 Å². The minimum Gasteiger partial charge on any atom is -0.386 e. The van der Waals surface area contributed by atoms with E-state index in [2.05, 4.69) is 10.3 Å². The number of nitrogens with one attached hydrogen (secondary N) is 1. The first-order valence-corrected chi connectivity index (χ1v) is 3.03. The van der Waals surface area contributed by atoms with Crippen LogP contribution < -0.4 is 5.32 Å². The maximum Gasteiger partial charge on any atom is 0.0570 e. The summed E-state index contributed by atoms with van der Waals surface area (Å²) in [6.07, 6.45) is 9.75. The number of hydrogen-bond acceptors (Lipinski definition) is 2. The lowest BCUT2D eigenvalue weighted by atomic mass is 10.5. The largest absolute Gasteiger partial charge is 0.386 e. The summed E-state index contributed by atoms with van der Waals surface area (Å²) in [5.41, 5.74) is 0. The fraction of sp³-hybridized carbons (Fsp3) is 0.286. The van der Waals surface area contributed by atoms with E-state index in [0.29, 0.717) is 0 Å².